The zero-order chi connectivity index (χ0) is 19.5. The first-order chi connectivity index (χ1) is 11.3. The summed E-state index contributed by atoms with van der Waals surface area (Å²) in [6, 6.07) is 0. The van der Waals surface area contributed by atoms with E-state index in [2.05, 4.69) is 73.4 Å². The normalized spacial score (nSPS) is 9.52. The fourth-order valence-electron chi connectivity index (χ4n) is 1.15. The number of rotatable bonds is 4. The SMILES string of the molecule is CCO[C](=[Cr])CC1C=CC=CC=C1.[C-]#[O+].[C-]#[O+].[C-]#[O+].[C-]#[O+].[C-]#[O+]. The third-order valence-electron chi connectivity index (χ3n) is 1.76. The van der Waals surface area contributed by atoms with Crippen LogP contribution in [0.25, 0.3) is 0 Å². The van der Waals surface area contributed by atoms with Crippen LogP contribution in [-0.2, 0) is 43.8 Å². The number of hydrogen-bond donors (Lipinski definition) is 0. The Morgan fingerprint density at radius 1 is 0.826 bits per heavy atom. The van der Waals surface area contributed by atoms with Crippen LogP contribution < -0.4 is 0 Å². The van der Waals surface area contributed by atoms with E-state index in [1.807, 2.05) is 19.1 Å². The molecule has 0 N–H and O–H groups in total. The topological polar surface area (TPSA) is 109 Å². The van der Waals surface area contributed by atoms with Gasteiger partial charge in [-0.1, -0.05) is 0 Å². The molecule has 0 saturated heterocycles. The molecule has 7 heteroatoms. The van der Waals surface area contributed by atoms with Crippen molar-refractivity contribution in [3.63, 3.8) is 0 Å². The Hall–Kier alpha value is -1.72. The second-order valence-electron chi connectivity index (χ2n) is 2.83. The van der Waals surface area contributed by atoms with Crippen LogP contribution in [0.3, 0.4) is 0 Å². The average molecular weight is 354 g/mol. The number of ether oxygens (including phenoxy) is 1. The summed E-state index contributed by atoms with van der Waals surface area (Å²) < 4.78 is 43.8. The summed E-state index contributed by atoms with van der Waals surface area (Å²) in [7, 11) is 0. The van der Waals surface area contributed by atoms with Crippen molar-refractivity contribution in [1.82, 2.24) is 0 Å². The van der Waals surface area contributed by atoms with E-state index in [0.29, 0.717) is 5.92 Å². The molecule has 0 radical (unpaired) electrons. The van der Waals surface area contributed by atoms with Gasteiger partial charge in [0, 0.05) is 0 Å². The molecule has 1 aliphatic carbocycles. The van der Waals surface area contributed by atoms with E-state index < -0.39 is 0 Å². The molecule has 0 bridgehead atoms. The average Bonchev–Trinajstić information content (AvgIpc) is 2.92. The van der Waals surface area contributed by atoms with Gasteiger partial charge in [-0.05, 0) is 0 Å². The molecule has 0 atom stereocenters. The second-order valence-corrected chi connectivity index (χ2v) is 3.54. The van der Waals surface area contributed by atoms with Gasteiger partial charge < -0.3 is 0 Å². The molecule has 0 saturated carbocycles. The van der Waals surface area contributed by atoms with Crippen LogP contribution in [0, 0.1) is 39.2 Å². The summed E-state index contributed by atoms with van der Waals surface area (Å²) in [6.07, 6.45) is 13.5. The molecule has 0 unspecified atom stereocenters. The quantitative estimate of drug-likeness (QED) is 0.560. The van der Waals surface area contributed by atoms with Crippen molar-refractivity contribution in [3.8, 4) is 0 Å². The molecular formula is C16H14CrO6. The molecule has 23 heavy (non-hydrogen) atoms. The van der Waals surface area contributed by atoms with E-state index in [1.54, 1.807) is 0 Å². The summed E-state index contributed by atoms with van der Waals surface area (Å²) in [5.74, 6) is 0.456. The third kappa shape index (κ3) is 33.2. The van der Waals surface area contributed by atoms with E-state index in [-0.39, 0.29) is 0 Å². The molecule has 0 aromatic carbocycles. The van der Waals surface area contributed by atoms with Gasteiger partial charge in [0.05, 0.1) is 0 Å². The molecule has 1 aliphatic rings. The molecule has 6 nitrogen and oxygen atoms in total. The third-order valence-corrected chi connectivity index (χ3v) is 2.20. The van der Waals surface area contributed by atoms with Crippen LogP contribution >= 0.6 is 0 Å². The van der Waals surface area contributed by atoms with Crippen molar-refractivity contribution < 1.29 is 43.8 Å². The summed E-state index contributed by atoms with van der Waals surface area (Å²) >= 11 is 2.95. The van der Waals surface area contributed by atoms with Gasteiger partial charge in [0.1, 0.15) is 0 Å². The van der Waals surface area contributed by atoms with Crippen LogP contribution in [0.5, 0.6) is 0 Å². The van der Waals surface area contributed by atoms with Gasteiger partial charge in [0.15, 0.2) is 0 Å². The van der Waals surface area contributed by atoms with Crippen molar-refractivity contribution in [1.29, 1.82) is 0 Å². The van der Waals surface area contributed by atoms with Gasteiger partial charge in [0.25, 0.3) is 0 Å². The molecule has 0 aromatic heterocycles. The monoisotopic (exact) mass is 354 g/mol. The fourth-order valence-corrected chi connectivity index (χ4v) is 1.64. The first-order valence-corrected chi connectivity index (χ1v) is 6.16. The van der Waals surface area contributed by atoms with Gasteiger partial charge >= 0.3 is 144 Å². The molecule has 0 fully saturated rings. The van der Waals surface area contributed by atoms with Crippen molar-refractivity contribution in [2.24, 2.45) is 5.92 Å². The maximum absolute atomic E-state index is 7.50. The van der Waals surface area contributed by atoms with Crippen molar-refractivity contribution >= 4 is 4.57 Å². The standard InChI is InChI=1S/C11H14O.5CO.Cr/c1-2-12-10-9-11-7-5-3-4-6-8-11;5*1-2;/h3-8,11H,2,9H2,1H3;;;;;;. The predicted octanol–water partition coefficient (Wildman–Crippen LogP) is 2.20. The maximum atomic E-state index is 7.50. The molecule has 0 spiro atoms. The van der Waals surface area contributed by atoms with E-state index in [9.17, 15) is 0 Å². The van der Waals surface area contributed by atoms with E-state index in [1.165, 1.54) is 0 Å². The molecule has 0 aliphatic heterocycles. The van der Waals surface area contributed by atoms with E-state index >= 15 is 0 Å². The number of allylic oxidation sites excluding steroid dienone is 6. The van der Waals surface area contributed by atoms with E-state index in [0.717, 1.165) is 17.6 Å². The predicted molar refractivity (Wildman–Crippen MR) is 71.8 cm³/mol. The molecular weight excluding hydrogens is 340 g/mol. The second kappa shape index (κ2) is 42.7. The molecule has 0 amide bonds. The first-order valence-electron chi connectivity index (χ1n) is 5.52. The Kier molecular flexibility index (Phi) is 61.4. The fraction of sp³-hybridized carbons (Fsp3) is 0.250. The Morgan fingerprint density at radius 3 is 1.48 bits per heavy atom. The Labute approximate surface area is 144 Å². The van der Waals surface area contributed by atoms with E-state index in [4.69, 9.17) is 28.0 Å². The van der Waals surface area contributed by atoms with Crippen molar-refractivity contribution in [2.75, 3.05) is 6.61 Å². The van der Waals surface area contributed by atoms with Crippen LogP contribution in [0.4, 0.5) is 0 Å². The summed E-state index contributed by atoms with van der Waals surface area (Å²) in [6.45, 7) is 25.2. The zero-order valence-corrected chi connectivity index (χ0v) is 13.6. The minimum atomic E-state index is 0.456. The first kappa shape index (κ1) is 33.0. The summed E-state index contributed by atoms with van der Waals surface area (Å²) in [4.78, 5) is 0. The Morgan fingerprint density at radius 2 is 1.17 bits per heavy atom. The zero-order valence-electron chi connectivity index (χ0n) is 12.3. The van der Waals surface area contributed by atoms with Crippen LogP contribution in [0.1, 0.15) is 13.3 Å². The number of hydrogen-bond acceptors (Lipinski definition) is 1. The Balaban J connectivity index is -0.0000000923. The Bertz CT molecular complexity index is 387. The molecule has 120 valence electrons. The van der Waals surface area contributed by atoms with Gasteiger partial charge in [-0.15, -0.1) is 0 Å². The summed E-state index contributed by atoms with van der Waals surface area (Å²) in [5.41, 5.74) is 0. The van der Waals surface area contributed by atoms with Gasteiger partial charge in [-0.25, -0.2) is 0 Å². The minimum absolute atomic E-state index is 0.456. The summed E-state index contributed by atoms with van der Waals surface area (Å²) in [5, 5.41) is 0. The molecule has 0 aromatic rings. The molecule has 0 heterocycles. The van der Waals surface area contributed by atoms with Crippen LogP contribution in [0.2, 0.25) is 0 Å². The van der Waals surface area contributed by atoms with Gasteiger partial charge in [0.2, 0.25) is 0 Å². The van der Waals surface area contributed by atoms with Crippen LogP contribution in [0.15, 0.2) is 36.5 Å². The van der Waals surface area contributed by atoms with Crippen LogP contribution in [-0.4, -0.2) is 11.2 Å². The van der Waals surface area contributed by atoms with Gasteiger partial charge in [-0.2, -0.15) is 0 Å². The van der Waals surface area contributed by atoms with Crippen molar-refractivity contribution in [2.45, 2.75) is 13.3 Å². The van der Waals surface area contributed by atoms with Gasteiger partial charge in [-0.3, -0.25) is 0 Å². The molecule has 1 rings (SSSR count). The van der Waals surface area contributed by atoms with Crippen molar-refractivity contribution in [3.05, 3.63) is 69.7 Å².